The van der Waals surface area contributed by atoms with Gasteiger partial charge in [-0.15, -0.1) is 0 Å². The Kier molecular flexibility index (Phi) is 5.37. The maximum Gasteiger partial charge on any atom is 0.255 e. The maximum atomic E-state index is 13.0. The molecule has 1 N–H and O–H groups in total. The smallest absolute Gasteiger partial charge is 0.255 e. The summed E-state index contributed by atoms with van der Waals surface area (Å²) in [7, 11) is 0. The third kappa shape index (κ3) is 4.10. The van der Waals surface area contributed by atoms with Crippen molar-refractivity contribution in [3.63, 3.8) is 0 Å². The monoisotopic (exact) mass is 467 g/mol. The fourth-order valence-electron chi connectivity index (χ4n) is 5.25. The third-order valence-electron chi connectivity index (χ3n) is 7.16. The van der Waals surface area contributed by atoms with Crippen LogP contribution < -0.4 is 5.32 Å². The summed E-state index contributed by atoms with van der Waals surface area (Å²) in [6, 6.07) is 13.4. The van der Waals surface area contributed by atoms with Crippen LogP contribution in [0.2, 0.25) is 0 Å². The maximum absolute atomic E-state index is 13.0. The van der Waals surface area contributed by atoms with E-state index in [0.29, 0.717) is 24.4 Å². The molecule has 1 atom stereocenters. The first-order valence-corrected chi connectivity index (χ1v) is 11.9. The molecule has 0 spiro atoms. The number of hydrogen-bond acceptors (Lipinski definition) is 6. The molecule has 2 fully saturated rings. The summed E-state index contributed by atoms with van der Waals surface area (Å²) < 4.78 is 0. The number of benzene rings is 1. The Balaban J connectivity index is 1.15. The molecule has 0 saturated carbocycles. The van der Waals surface area contributed by atoms with E-state index in [4.69, 9.17) is 0 Å². The van der Waals surface area contributed by atoms with Crippen molar-refractivity contribution < 1.29 is 14.4 Å². The SMILES string of the molecule is O=C1CCC(N2Cc3cc(-c4cc(CN5CC(c6cccnc6)C5)ccn4)ccc3C2=O)C(=O)N1. The summed E-state index contributed by atoms with van der Waals surface area (Å²) >= 11 is 0. The first-order valence-electron chi connectivity index (χ1n) is 11.9. The second kappa shape index (κ2) is 8.70. The highest BCUT2D eigenvalue weighted by Crippen LogP contribution is 2.32. The van der Waals surface area contributed by atoms with Gasteiger partial charge in [-0.1, -0.05) is 12.1 Å². The summed E-state index contributed by atoms with van der Waals surface area (Å²) in [5, 5.41) is 2.35. The first-order chi connectivity index (χ1) is 17.0. The number of amides is 3. The summed E-state index contributed by atoms with van der Waals surface area (Å²) in [4.78, 5) is 49.5. The van der Waals surface area contributed by atoms with Crippen LogP contribution in [0.15, 0.2) is 61.1 Å². The van der Waals surface area contributed by atoms with Gasteiger partial charge in [0.2, 0.25) is 11.8 Å². The number of imide groups is 1. The number of nitrogens with one attached hydrogen (secondary N) is 1. The van der Waals surface area contributed by atoms with Gasteiger partial charge >= 0.3 is 0 Å². The lowest BCUT2D eigenvalue weighted by atomic mass is 9.92. The Morgan fingerprint density at radius 2 is 1.91 bits per heavy atom. The molecule has 3 aliphatic heterocycles. The van der Waals surface area contributed by atoms with Crippen molar-refractivity contribution in [2.24, 2.45) is 0 Å². The van der Waals surface area contributed by atoms with Crippen molar-refractivity contribution in [1.29, 1.82) is 0 Å². The summed E-state index contributed by atoms with van der Waals surface area (Å²) in [5.41, 5.74) is 5.78. The Morgan fingerprint density at radius 3 is 2.71 bits per heavy atom. The number of hydrogen-bond donors (Lipinski definition) is 1. The van der Waals surface area contributed by atoms with Crippen LogP contribution in [0.1, 0.15) is 45.8 Å². The molecule has 2 saturated heterocycles. The number of fused-ring (bicyclic) bond motifs is 1. The van der Waals surface area contributed by atoms with Crippen LogP contribution >= 0.6 is 0 Å². The van der Waals surface area contributed by atoms with Crippen LogP contribution in [0.25, 0.3) is 11.3 Å². The average molecular weight is 468 g/mol. The van der Waals surface area contributed by atoms with E-state index in [0.717, 1.165) is 36.5 Å². The highest BCUT2D eigenvalue weighted by Gasteiger charge is 2.39. The largest absolute Gasteiger partial charge is 0.322 e. The van der Waals surface area contributed by atoms with Crippen LogP contribution in [-0.4, -0.2) is 56.6 Å². The number of likely N-dealkylation sites (tertiary alicyclic amines) is 1. The number of aromatic nitrogens is 2. The van der Waals surface area contributed by atoms with E-state index >= 15 is 0 Å². The Morgan fingerprint density at radius 1 is 1.03 bits per heavy atom. The molecule has 2 aromatic heterocycles. The van der Waals surface area contributed by atoms with Crippen LogP contribution in [0.4, 0.5) is 0 Å². The number of nitrogens with zero attached hydrogens (tertiary/aromatic N) is 4. The lowest BCUT2D eigenvalue weighted by Crippen LogP contribution is -2.52. The molecule has 3 amide bonds. The molecule has 176 valence electrons. The van der Waals surface area contributed by atoms with Crippen LogP contribution in [0.5, 0.6) is 0 Å². The standard InChI is InChI=1S/C27H25N5O3/c33-25-6-5-24(26(34)30-25)32-16-20-11-18(3-4-22(20)27(32)35)23-10-17(7-9-29-23)13-31-14-21(15-31)19-2-1-8-28-12-19/h1-4,7-12,21,24H,5-6,13-16H2,(H,30,33,34). The van der Waals surface area contributed by atoms with E-state index in [1.807, 2.05) is 42.7 Å². The second-order valence-corrected chi connectivity index (χ2v) is 9.50. The summed E-state index contributed by atoms with van der Waals surface area (Å²) in [6.45, 7) is 3.25. The molecule has 6 rings (SSSR count). The van der Waals surface area contributed by atoms with E-state index in [1.165, 1.54) is 11.1 Å². The Labute approximate surface area is 203 Å². The minimum atomic E-state index is -0.607. The minimum Gasteiger partial charge on any atom is -0.322 e. The number of carbonyl (C=O) groups excluding carboxylic acids is 3. The molecule has 35 heavy (non-hydrogen) atoms. The van der Waals surface area contributed by atoms with E-state index < -0.39 is 11.9 Å². The molecule has 3 aliphatic rings. The molecule has 1 unspecified atom stereocenters. The fourth-order valence-corrected chi connectivity index (χ4v) is 5.25. The topological polar surface area (TPSA) is 95.5 Å². The molecule has 8 nitrogen and oxygen atoms in total. The zero-order valence-corrected chi connectivity index (χ0v) is 19.2. The minimum absolute atomic E-state index is 0.163. The van der Waals surface area contributed by atoms with E-state index in [-0.39, 0.29) is 18.2 Å². The number of rotatable bonds is 5. The lowest BCUT2D eigenvalue weighted by molar-refractivity contribution is -0.136. The number of pyridine rings is 2. The van der Waals surface area contributed by atoms with Gasteiger partial charge in [0.05, 0.1) is 5.69 Å². The zero-order valence-electron chi connectivity index (χ0n) is 19.2. The molecule has 0 bridgehead atoms. The van der Waals surface area contributed by atoms with Gasteiger partial charge in [0.15, 0.2) is 0 Å². The lowest BCUT2D eigenvalue weighted by Gasteiger charge is -2.39. The quantitative estimate of drug-likeness (QED) is 0.580. The van der Waals surface area contributed by atoms with Gasteiger partial charge < -0.3 is 4.90 Å². The van der Waals surface area contributed by atoms with Crippen LogP contribution in [-0.2, 0) is 22.7 Å². The normalized spacial score (nSPS) is 20.5. The first kappa shape index (κ1) is 21.6. The van der Waals surface area contributed by atoms with E-state index in [9.17, 15) is 14.4 Å². The third-order valence-corrected chi connectivity index (χ3v) is 7.16. The van der Waals surface area contributed by atoms with Gasteiger partial charge in [-0.3, -0.25) is 34.6 Å². The molecule has 8 heteroatoms. The highest BCUT2D eigenvalue weighted by atomic mass is 16.2. The van der Waals surface area contributed by atoms with Gasteiger partial charge in [-0.05, 0) is 53.4 Å². The van der Waals surface area contributed by atoms with Crippen molar-refractivity contribution in [2.45, 2.75) is 37.9 Å². The molecular weight excluding hydrogens is 442 g/mol. The Hall–Kier alpha value is -3.91. The average Bonchev–Trinajstić information content (AvgIpc) is 3.17. The number of piperidine rings is 1. The second-order valence-electron chi connectivity index (χ2n) is 9.50. The molecule has 3 aromatic rings. The fraction of sp³-hybridized carbons (Fsp3) is 0.296. The van der Waals surface area contributed by atoms with Gasteiger partial charge in [0, 0.05) is 68.2 Å². The Bertz CT molecular complexity index is 1320. The van der Waals surface area contributed by atoms with Gasteiger partial charge in [-0.25, -0.2) is 0 Å². The van der Waals surface area contributed by atoms with Crippen LogP contribution in [0.3, 0.4) is 0 Å². The summed E-state index contributed by atoms with van der Waals surface area (Å²) in [6.07, 6.45) is 6.20. The summed E-state index contributed by atoms with van der Waals surface area (Å²) in [5.74, 6) is -0.307. The van der Waals surface area contributed by atoms with Gasteiger partial charge in [0.25, 0.3) is 5.91 Å². The van der Waals surface area contributed by atoms with Crippen molar-refractivity contribution in [2.75, 3.05) is 13.1 Å². The predicted octanol–water partition coefficient (Wildman–Crippen LogP) is 2.50. The van der Waals surface area contributed by atoms with Crippen LogP contribution in [0, 0.1) is 0 Å². The van der Waals surface area contributed by atoms with Crippen molar-refractivity contribution in [3.8, 4) is 11.3 Å². The predicted molar refractivity (Wildman–Crippen MR) is 128 cm³/mol. The van der Waals surface area contributed by atoms with Gasteiger partial charge in [-0.2, -0.15) is 0 Å². The van der Waals surface area contributed by atoms with E-state index in [2.05, 4.69) is 32.3 Å². The molecular formula is C27H25N5O3. The molecule has 0 radical (unpaired) electrons. The zero-order chi connectivity index (χ0) is 23.9. The van der Waals surface area contributed by atoms with Gasteiger partial charge in [0.1, 0.15) is 6.04 Å². The molecule has 1 aromatic carbocycles. The molecule has 5 heterocycles. The highest BCUT2D eigenvalue weighted by molar-refractivity contribution is 6.05. The van der Waals surface area contributed by atoms with Crippen molar-refractivity contribution in [1.82, 2.24) is 25.1 Å². The number of carbonyl (C=O) groups is 3. The van der Waals surface area contributed by atoms with E-state index in [1.54, 1.807) is 11.1 Å². The van der Waals surface area contributed by atoms with Crippen molar-refractivity contribution in [3.05, 3.63) is 83.3 Å². The molecule has 0 aliphatic carbocycles. The van der Waals surface area contributed by atoms with Crippen molar-refractivity contribution >= 4 is 17.7 Å².